The lowest BCUT2D eigenvalue weighted by molar-refractivity contribution is 0.0869. The fourth-order valence-electron chi connectivity index (χ4n) is 3.15. The Hall–Kier alpha value is -2.10. The Morgan fingerprint density at radius 1 is 1.15 bits per heavy atom. The molecule has 148 valence electrons. The maximum Gasteiger partial charge on any atom is 0.253 e. The van der Waals surface area contributed by atoms with Crippen molar-refractivity contribution in [3.05, 3.63) is 36.0 Å². The van der Waals surface area contributed by atoms with Crippen LogP contribution in [0.25, 0.3) is 5.52 Å². The number of aliphatic hydroxyl groups is 1. The zero-order valence-corrected chi connectivity index (χ0v) is 16.7. The number of carbonyl (C=O) groups is 1. The fraction of sp³-hybridized carbons (Fsp3) is 0.500. The van der Waals surface area contributed by atoms with Crippen molar-refractivity contribution in [3.63, 3.8) is 0 Å². The van der Waals surface area contributed by atoms with Crippen molar-refractivity contribution in [3.8, 4) is 0 Å². The summed E-state index contributed by atoms with van der Waals surface area (Å²) >= 11 is 0. The summed E-state index contributed by atoms with van der Waals surface area (Å²) in [5.41, 5.74) is 0.748. The molecule has 0 aromatic carbocycles. The summed E-state index contributed by atoms with van der Waals surface area (Å²) < 4.78 is 26.8. The average molecular weight is 394 g/mol. The normalized spacial score (nSPS) is 16.7. The number of hydrogen-bond donors (Lipinski definition) is 2. The molecule has 3 heterocycles. The second kappa shape index (κ2) is 7.14. The van der Waals surface area contributed by atoms with Gasteiger partial charge in [0.05, 0.1) is 24.0 Å². The number of piperazine rings is 1. The van der Waals surface area contributed by atoms with E-state index >= 15 is 0 Å². The number of carbonyl (C=O) groups excluding carboxylic acids is 1. The molecule has 0 radical (unpaired) electrons. The van der Waals surface area contributed by atoms with Crippen molar-refractivity contribution >= 4 is 27.3 Å². The third kappa shape index (κ3) is 4.26. The number of aliphatic hydroxyl groups excluding tert-OH is 1. The number of fused-ring (bicyclic) bond motifs is 1. The number of rotatable bonds is 5. The Kier molecular flexibility index (Phi) is 5.20. The van der Waals surface area contributed by atoms with E-state index < -0.39 is 15.6 Å². The zero-order valence-electron chi connectivity index (χ0n) is 15.8. The molecule has 0 bridgehead atoms. The van der Waals surface area contributed by atoms with Crippen LogP contribution in [-0.2, 0) is 10.0 Å². The Morgan fingerprint density at radius 3 is 2.37 bits per heavy atom. The summed E-state index contributed by atoms with van der Waals surface area (Å²) in [5, 5.41) is 12.2. The summed E-state index contributed by atoms with van der Waals surface area (Å²) in [6, 6.07) is 7.57. The highest BCUT2D eigenvalue weighted by Crippen LogP contribution is 2.22. The summed E-state index contributed by atoms with van der Waals surface area (Å²) in [6.45, 7) is 5.42. The van der Waals surface area contributed by atoms with Crippen LogP contribution in [0.1, 0.15) is 24.2 Å². The summed E-state index contributed by atoms with van der Waals surface area (Å²) in [5.74, 6) is 0.673. The number of nitrogens with zero attached hydrogens (tertiary/aromatic N) is 3. The molecule has 1 amide bonds. The van der Waals surface area contributed by atoms with Gasteiger partial charge in [-0.05, 0) is 38.1 Å². The first-order valence-corrected chi connectivity index (χ1v) is 10.7. The number of pyridine rings is 1. The van der Waals surface area contributed by atoms with Crippen LogP contribution in [0.4, 0.5) is 5.82 Å². The predicted molar refractivity (Wildman–Crippen MR) is 105 cm³/mol. The van der Waals surface area contributed by atoms with Gasteiger partial charge >= 0.3 is 0 Å². The molecule has 0 saturated carbocycles. The summed E-state index contributed by atoms with van der Waals surface area (Å²) in [7, 11) is -3.17. The molecule has 0 aliphatic carbocycles. The Balaban J connectivity index is 1.83. The van der Waals surface area contributed by atoms with Gasteiger partial charge in [0, 0.05) is 37.9 Å². The van der Waals surface area contributed by atoms with E-state index in [1.54, 1.807) is 26.1 Å². The van der Waals surface area contributed by atoms with Gasteiger partial charge in [-0.1, -0.05) is 0 Å². The molecule has 2 aromatic rings. The molecule has 27 heavy (non-hydrogen) atoms. The van der Waals surface area contributed by atoms with Crippen LogP contribution in [0.2, 0.25) is 0 Å². The second-order valence-electron chi connectivity index (χ2n) is 7.55. The smallest absolute Gasteiger partial charge is 0.253 e. The van der Waals surface area contributed by atoms with Crippen LogP contribution < -0.4 is 10.2 Å². The summed E-state index contributed by atoms with van der Waals surface area (Å²) in [6.07, 6.45) is 3.00. The van der Waals surface area contributed by atoms with Crippen molar-refractivity contribution in [2.24, 2.45) is 0 Å². The van der Waals surface area contributed by atoms with Gasteiger partial charge in [0.1, 0.15) is 5.82 Å². The molecule has 2 aromatic heterocycles. The SMILES string of the molecule is CC(C)(CO)NC(=O)c1ccc2ccc(N3CCN(S(C)(=O)=O)CC3)n2c1. The van der Waals surface area contributed by atoms with Gasteiger partial charge in [-0.15, -0.1) is 0 Å². The second-order valence-corrected chi connectivity index (χ2v) is 9.53. The van der Waals surface area contributed by atoms with Gasteiger partial charge < -0.3 is 19.7 Å². The molecular formula is C18H26N4O4S. The highest BCUT2D eigenvalue weighted by molar-refractivity contribution is 7.88. The quantitative estimate of drug-likeness (QED) is 0.771. The third-order valence-electron chi connectivity index (χ3n) is 4.77. The molecule has 0 spiro atoms. The molecule has 2 N–H and O–H groups in total. The van der Waals surface area contributed by atoms with Crippen molar-refractivity contribution in [1.29, 1.82) is 0 Å². The molecule has 9 heteroatoms. The zero-order chi connectivity index (χ0) is 19.8. The van der Waals surface area contributed by atoms with E-state index in [4.69, 9.17) is 0 Å². The van der Waals surface area contributed by atoms with Gasteiger partial charge in [0.25, 0.3) is 5.91 Å². The Labute approximate surface area is 159 Å². The largest absolute Gasteiger partial charge is 0.394 e. The van der Waals surface area contributed by atoms with E-state index in [9.17, 15) is 18.3 Å². The van der Waals surface area contributed by atoms with E-state index in [0.29, 0.717) is 31.7 Å². The van der Waals surface area contributed by atoms with Gasteiger partial charge in [-0.25, -0.2) is 8.42 Å². The minimum atomic E-state index is -3.17. The number of aromatic nitrogens is 1. The monoisotopic (exact) mass is 394 g/mol. The van der Waals surface area contributed by atoms with Crippen molar-refractivity contribution in [1.82, 2.24) is 14.0 Å². The number of nitrogens with one attached hydrogen (secondary N) is 1. The van der Waals surface area contributed by atoms with E-state index in [2.05, 4.69) is 10.2 Å². The van der Waals surface area contributed by atoms with Crippen LogP contribution in [0, 0.1) is 0 Å². The summed E-state index contributed by atoms with van der Waals surface area (Å²) in [4.78, 5) is 14.6. The van der Waals surface area contributed by atoms with Crippen LogP contribution in [-0.4, -0.2) is 72.7 Å². The molecule has 0 unspecified atom stereocenters. The third-order valence-corrected chi connectivity index (χ3v) is 6.07. The number of amides is 1. The number of hydrogen-bond acceptors (Lipinski definition) is 5. The molecule has 3 rings (SSSR count). The van der Waals surface area contributed by atoms with E-state index in [-0.39, 0.29) is 12.5 Å². The highest BCUT2D eigenvalue weighted by atomic mass is 32.2. The van der Waals surface area contributed by atoms with E-state index in [0.717, 1.165) is 11.3 Å². The van der Waals surface area contributed by atoms with Crippen molar-refractivity contribution in [2.75, 3.05) is 43.9 Å². The first-order valence-electron chi connectivity index (χ1n) is 8.85. The molecule has 8 nitrogen and oxygen atoms in total. The van der Waals surface area contributed by atoms with Crippen LogP contribution in [0.3, 0.4) is 0 Å². The average Bonchev–Trinajstić information content (AvgIpc) is 3.04. The van der Waals surface area contributed by atoms with Crippen LogP contribution in [0.5, 0.6) is 0 Å². The number of sulfonamides is 1. The molecule has 1 fully saturated rings. The van der Waals surface area contributed by atoms with Gasteiger partial charge in [0.15, 0.2) is 0 Å². The minimum absolute atomic E-state index is 0.152. The predicted octanol–water partition coefficient (Wildman–Crippen LogP) is 0.522. The molecule has 1 aliphatic heterocycles. The molecule has 1 aliphatic rings. The van der Waals surface area contributed by atoms with Gasteiger partial charge in [-0.3, -0.25) is 4.79 Å². The lowest BCUT2D eigenvalue weighted by Crippen LogP contribution is -2.48. The molecular weight excluding hydrogens is 368 g/mol. The minimum Gasteiger partial charge on any atom is -0.394 e. The maximum atomic E-state index is 12.5. The Bertz CT molecular complexity index is 943. The highest BCUT2D eigenvalue weighted by Gasteiger charge is 2.25. The standard InChI is InChI=1S/C18H26N4O4S/c1-18(2,13-23)19-17(24)14-4-5-15-6-7-16(22(15)12-14)20-8-10-21(11-9-20)27(3,25)26/h4-7,12,23H,8-11,13H2,1-3H3,(H,19,24). The van der Waals surface area contributed by atoms with Gasteiger partial charge in [0.2, 0.25) is 10.0 Å². The van der Waals surface area contributed by atoms with Crippen molar-refractivity contribution < 1.29 is 18.3 Å². The van der Waals surface area contributed by atoms with E-state index in [1.165, 1.54) is 10.6 Å². The lowest BCUT2D eigenvalue weighted by atomic mass is 10.1. The first-order chi connectivity index (χ1) is 12.6. The lowest BCUT2D eigenvalue weighted by Gasteiger charge is -2.34. The molecule has 1 saturated heterocycles. The Morgan fingerprint density at radius 2 is 1.78 bits per heavy atom. The molecule has 0 atom stereocenters. The number of anilines is 1. The topological polar surface area (TPSA) is 94.4 Å². The van der Waals surface area contributed by atoms with E-state index in [1.807, 2.05) is 22.6 Å². The first kappa shape index (κ1) is 19.7. The van der Waals surface area contributed by atoms with Gasteiger partial charge in [-0.2, -0.15) is 4.31 Å². The van der Waals surface area contributed by atoms with Crippen LogP contribution >= 0.6 is 0 Å². The maximum absolute atomic E-state index is 12.5. The van der Waals surface area contributed by atoms with Crippen molar-refractivity contribution in [2.45, 2.75) is 19.4 Å². The fourth-order valence-corrected chi connectivity index (χ4v) is 3.97. The van der Waals surface area contributed by atoms with Crippen LogP contribution in [0.15, 0.2) is 30.5 Å².